The van der Waals surface area contributed by atoms with E-state index in [2.05, 4.69) is 10.6 Å². The van der Waals surface area contributed by atoms with Crippen LogP contribution in [0.4, 0.5) is 10.5 Å². The number of ether oxygens (including phenoxy) is 1. The van der Waals surface area contributed by atoms with E-state index in [4.69, 9.17) is 4.74 Å². The molecule has 2 amide bonds. The largest absolute Gasteiger partial charge is 0.497 e. The summed E-state index contributed by atoms with van der Waals surface area (Å²) in [5.74, 6) is 0.811. The molecule has 0 spiro atoms. The fourth-order valence-corrected chi connectivity index (χ4v) is 3.27. The van der Waals surface area contributed by atoms with Gasteiger partial charge in [0.25, 0.3) is 0 Å². The van der Waals surface area contributed by atoms with Crippen LogP contribution in [0.5, 0.6) is 5.75 Å². The monoisotopic (exact) mass is 296 g/mol. The molecule has 1 fully saturated rings. The minimum Gasteiger partial charge on any atom is -0.497 e. The van der Waals surface area contributed by atoms with E-state index in [1.165, 1.54) is 11.8 Å². The summed E-state index contributed by atoms with van der Waals surface area (Å²) in [6.45, 7) is 0. The van der Waals surface area contributed by atoms with Crippen molar-refractivity contribution in [2.75, 3.05) is 23.9 Å². The molecule has 3 N–H and O–H groups in total. The highest BCUT2D eigenvalue weighted by molar-refractivity contribution is 7.99. The molecule has 0 bridgehead atoms. The van der Waals surface area contributed by atoms with Crippen LogP contribution in [0.1, 0.15) is 6.42 Å². The maximum Gasteiger partial charge on any atom is 0.330 e. The van der Waals surface area contributed by atoms with Gasteiger partial charge in [-0.15, -0.1) is 0 Å². The first kappa shape index (κ1) is 14.5. The fourth-order valence-electron chi connectivity index (χ4n) is 1.94. The number of aliphatic carboxylic acids is 1. The Labute approximate surface area is 120 Å². The zero-order valence-electron chi connectivity index (χ0n) is 11.0. The number of amides is 2. The average molecular weight is 296 g/mol. The molecule has 1 aromatic carbocycles. The van der Waals surface area contributed by atoms with E-state index >= 15 is 0 Å². The lowest BCUT2D eigenvalue weighted by molar-refractivity contribution is -0.143. The molecule has 1 heterocycles. The van der Waals surface area contributed by atoms with E-state index in [-0.39, 0.29) is 0 Å². The Morgan fingerprint density at radius 1 is 1.35 bits per heavy atom. The van der Waals surface area contributed by atoms with E-state index in [9.17, 15) is 14.7 Å². The molecule has 20 heavy (non-hydrogen) atoms. The number of carbonyl (C=O) groups excluding carboxylic acids is 1. The molecule has 1 saturated heterocycles. The number of anilines is 1. The highest BCUT2D eigenvalue weighted by atomic mass is 32.2. The van der Waals surface area contributed by atoms with Gasteiger partial charge in [-0.2, -0.15) is 11.8 Å². The summed E-state index contributed by atoms with van der Waals surface area (Å²) in [6.07, 6.45) is 0.434. The molecule has 1 aromatic rings. The molecular formula is C13H16N2O4S. The number of carboxylic acids is 1. The van der Waals surface area contributed by atoms with E-state index in [1.54, 1.807) is 31.4 Å². The van der Waals surface area contributed by atoms with Crippen LogP contribution in [0.15, 0.2) is 24.3 Å². The SMILES string of the molecule is COc1ccc(NC(=O)NC2(C(=O)O)CCSC2)cc1. The molecule has 0 saturated carbocycles. The lowest BCUT2D eigenvalue weighted by Gasteiger charge is -2.24. The minimum atomic E-state index is -1.17. The van der Waals surface area contributed by atoms with Gasteiger partial charge < -0.3 is 20.5 Å². The van der Waals surface area contributed by atoms with Crippen LogP contribution < -0.4 is 15.4 Å². The van der Waals surface area contributed by atoms with Crippen molar-refractivity contribution >= 4 is 29.4 Å². The summed E-state index contributed by atoms with van der Waals surface area (Å²) in [7, 11) is 1.56. The zero-order valence-corrected chi connectivity index (χ0v) is 11.8. The zero-order chi connectivity index (χ0) is 14.6. The third-order valence-electron chi connectivity index (χ3n) is 3.13. The highest BCUT2D eigenvalue weighted by Crippen LogP contribution is 2.28. The topological polar surface area (TPSA) is 87.7 Å². The van der Waals surface area contributed by atoms with E-state index in [1.807, 2.05) is 0 Å². The predicted octanol–water partition coefficient (Wildman–Crippen LogP) is 1.78. The van der Waals surface area contributed by atoms with Gasteiger partial charge >= 0.3 is 12.0 Å². The first-order valence-electron chi connectivity index (χ1n) is 6.10. The van der Waals surface area contributed by atoms with Crippen molar-refractivity contribution in [2.45, 2.75) is 12.0 Å². The number of nitrogens with one attached hydrogen (secondary N) is 2. The maximum absolute atomic E-state index is 11.9. The normalized spacial score (nSPS) is 21.2. The lowest BCUT2D eigenvalue weighted by Crippen LogP contribution is -2.55. The number of hydrogen-bond acceptors (Lipinski definition) is 4. The number of hydrogen-bond donors (Lipinski definition) is 3. The molecular weight excluding hydrogens is 280 g/mol. The molecule has 1 aliphatic heterocycles. The van der Waals surface area contributed by atoms with Crippen LogP contribution in [0.25, 0.3) is 0 Å². The molecule has 1 aliphatic rings. The molecule has 108 valence electrons. The first-order chi connectivity index (χ1) is 9.55. The summed E-state index contributed by atoms with van der Waals surface area (Å²) < 4.78 is 5.02. The van der Waals surface area contributed by atoms with Crippen molar-refractivity contribution < 1.29 is 19.4 Å². The first-order valence-corrected chi connectivity index (χ1v) is 7.25. The van der Waals surface area contributed by atoms with Gasteiger partial charge in [0.2, 0.25) is 0 Å². The Hall–Kier alpha value is -1.89. The van der Waals surface area contributed by atoms with Gasteiger partial charge in [-0.1, -0.05) is 0 Å². The summed E-state index contributed by atoms with van der Waals surface area (Å²) in [6, 6.07) is 6.30. The summed E-state index contributed by atoms with van der Waals surface area (Å²) in [5, 5.41) is 14.5. The number of benzene rings is 1. The van der Waals surface area contributed by atoms with Crippen LogP contribution >= 0.6 is 11.8 Å². The molecule has 0 radical (unpaired) electrons. The van der Waals surface area contributed by atoms with Crippen molar-refractivity contribution in [3.05, 3.63) is 24.3 Å². The number of thioether (sulfide) groups is 1. The standard InChI is InChI=1S/C13H16N2O4S/c1-19-10-4-2-9(3-5-10)14-12(18)15-13(11(16)17)6-7-20-8-13/h2-5H,6-8H2,1H3,(H,16,17)(H2,14,15,18). The molecule has 1 atom stereocenters. The van der Waals surface area contributed by atoms with Gasteiger partial charge in [0.1, 0.15) is 11.3 Å². The van der Waals surface area contributed by atoms with Crippen molar-refractivity contribution in [1.29, 1.82) is 0 Å². The Bertz CT molecular complexity index is 498. The Morgan fingerprint density at radius 3 is 2.55 bits per heavy atom. The minimum absolute atomic E-state index is 0.387. The van der Waals surface area contributed by atoms with Crippen LogP contribution in [-0.2, 0) is 4.79 Å². The molecule has 2 rings (SSSR count). The van der Waals surface area contributed by atoms with Crippen LogP contribution in [0.2, 0.25) is 0 Å². The van der Waals surface area contributed by atoms with E-state index < -0.39 is 17.5 Å². The molecule has 1 unspecified atom stereocenters. The summed E-state index contributed by atoms with van der Waals surface area (Å²) in [4.78, 5) is 23.2. The Balaban J connectivity index is 1.99. The van der Waals surface area contributed by atoms with Crippen LogP contribution in [-0.4, -0.2) is 41.3 Å². The summed E-state index contributed by atoms with van der Waals surface area (Å²) in [5.41, 5.74) is -0.587. The number of carbonyl (C=O) groups is 2. The van der Waals surface area contributed by atoms with Gasteiger partial charge in [0, 0.05) is 11.4 Å². The second-order valence-electron chi connectivity index (χ2n) is 4.50. The second-order valence-corrected chi connectivity index (χ2v) is 5.60. The van der Waals surface area contributed by atoms with E-state index in [0.717, 1.165) is 5.75 Å². The van der Waals surface area contributed by atoms with Crippen molar-refractivity contribution in [2.24, 2.45) is 0 Å². The van der Waals surface area contributed by atoms with Gasteiger partial charge in [0.15, 0.2) is 0 Å². The number of carboxylic acid groups (broad SMARTS) is 1. The molecule has 0 aromatic heterocycles. The second kappa shape index (κ2) is 6.04. The third-order valence-corrected chi connectivity index (χ3v) is 4.32. The molecule has 6 nitrogen and oxygen atoms in total. The van der Waals surface area contributed by atoms with Crippen LogP contribution in [0, 0.1) is 0 Å². The van der Waals surface area contributed by atoms with Gasteiger partial charge in [-0.25, -0.2) is 9.59 Å². The maximum atomic E-state index is 11.9. The average Bonchev–Trinajstić information content (AvgIpc) is 2.89. The number of urea groups is 1. The van der Waals surface area contributed by atoms with E-state index in [0.29, 0.717) is 23.6 Å². The van der Waals surface area contributed by atoms with Crippen molar-refractivity contribution in [3.63, 3.8) is 0 Å². The van der Waals surface area contributed by atoms with Crippen LogP contribution in [0.3, 0.4) is 0 Å². The highest BCUT2D eigenvalue weighted by Gasteiger charge is 2.43. The predicted molar refractivity (Wildman–Crippen MR) is 77.5 cm³/mol. The van der Waals surface area contributed by atoms with Crippen molar-refractivity contribution in [3.8, 4) is 5.75 Å². The third kappa shape index (κ3) is 3.16. The Morgan fingerprint density at radius 2 is 2.05 bits per heavy atom. The number of rotatable bonds is 4. The lowest BCUT2D eigenvalue weighted by atomic mass is 10.00. The summed E-state index contributed by atoms with van der Waals surface area (Å²) >= 11 is 1.52. The number of methoxy groups -OCH3 is 1. The van der Waals surface area contributed by atoms with Gasteiger partial charge in [0.05, 0.1) is 7.11 Å². The van der Waals surface area contributed by atoms with Crippen molar-refractivity contribution in [1.82, 2.24) is 5.32 Å². The Kier molecular flexibility index (Phi) is 4.39. The quantitative estimate of drug-likeness (QED) is 0.788. The molecule has 7 heteroatoms. The fraction of sp³-hybridized carbons (Fsp3) is 0.385. The van der Waals surface area contributed by atoms with Gasteiger partial charge in [-0.3, -0.25) is 0 Å². The van der Waals surface area contributed by atoms with Gasteiger partial charge in [-0.05, 0) is 36.4 Å². The molecule has 0 aliphatic carbocycles. The smallest absolute Gasteiger partial charge is 0.330 e.